The van der Waals surface area contributed by atoms with Crippen molar-refractivity contribution >= 4 is 17.7 Å². The van der Waals surface area contributed by atoms with Crippen LogP contribution in [0.4, 0.5) is 0 Å². The predicted octanol–water partition coefficient (Wildman–Crippen LogP) is 3.98. The summed E-state index contributed by atoms with van der Waals surface area (Å²) in [5.41, 5.74) is 1.54. The molecule has 0 saturated heterocycles. The van der Waals surface area contributed by atoms with Gasteiger partial charge in [-0.15, -0.1) is 11.8 Å². The molecule has 0 bridgehead atoms. The first-order valence-electron chi connectivity index (χ1n) is 5.62. The fourth-order valence-corrected chi connectivity index (χ4v) is 2.50. The van der Waals surface area contributed by atoms with Crippen molar-refractivity contribution < 1.29 is 9.90 Å². The molecule has 0 aliphatic heterocycles. The van der Waals surface area contributed by atoms with Crippen LogP contribution in [0.3, 0.4) is 0 Å². The van der Waals surface area contributed by atoms with Gasteiger partial charge >= 0.3 is 5.97 Å². The van der Waals surface area contributed by atoms with E-state index >= 15 is 0 Å². The first-order valence-corrected chi connectivity index (χ1v) is 6.60. The number of hydrogen-bond acceptors (Lipinski definition) is 2. The van der Waals surface area contributed by atoms with Gasteiger partial charge in [0.2, 0.25) is 0 Å². The minimum absolute atomic E-state index is 0.378. The second-order valence-corrected chi connectivity index (χ2v) is 4.98. The van der Waals surface area contributed by atoms with Crippen LogP contribution in [0.2, 0.25) is 0 Å². The lowest BCUT2D eigenvalue weighted by Crippen LogP contribution is -1.97. The predicted molar refractivity (Wildman–Crippen MR) is 68.4 cm³/mol. The van der Waals surface area contributed by atoms with Gasteiger partial charge in [-0.05, 0) is 36.8 Å². The van der Waals surface area contributed by atoms with E-state index in [4.69, 9.17) is 5.11 Å². The van der Waals surface area contributed by atoms with E-state index in [1.807, 2.05) is 13.0 Å². The summed E-state index contributed by atoms with van der Waals surface area (Å²) in [6.07, 6.45) is 3.65. The molecule has 88 valence electrons. The lowest BCUT2D eigenvalue weighted by atomic mass is 10.1. The quantitative estimate of drug-likeness (QED) is 0.601. The number of rotatable bonds is 6. The van der Waals surface area contributed by atoms with Gasteiger partial charge in [0.1, 0.15) is 0 Å². The average molecular weight is 238 g/mol. The summed E-state index contributed by atoms with van der Waals surface area (Å²) < 4.78 is 0. The number of hydrogen-bond donors (Lipinski definition) is 1. The van der Waals surface area contributed by atoms with Crippen molar-refractivity contribution in [1.82, 2.24) is 0 Å². The van der Waals surface area contributed by atoms with E-state index in [-0.39, 0.29) is 0 Å². The molecule has 3 heteroatoms. The molecule has 1 aromatic carbocycles. The molecule has 0 aromatic heterocycles. The Balaban J connectivity index is 2.63. The van der Waals surface area contributed by atoms with Crippen LogP contribution in [0.15, 0.2) is 23.1 Å². The number of thioether (sulfide) groups is 1. The maximum atomic E-state index is 10.8. The Kier molecular flexibility index (Phi) is 5.39. The molecule has 0 fully saturated rings. The third-order valence-electron chi connectivity index (χ3n) is 2.44. The molecule has 0 spiro atoms. The summed E-state index contributed by atoms with van der Waals surface area (Å²) in [5.74, 6) is 0.216. The third-order valence-corrected chi connectivity index (χ3v) is 3.68. The van der Waals surface area contributed by atoms with Crippen LogP contribution in [-0.4, -0.2) is 16.8 Å². The maximum absolute atomic E-state index is 10.8. The highest BCUT2D eigenvalue weighted by Crippen LogP contribution is 2.24. The Hall–Kier alpha value is -0.960. The van der Waals surface area contributed by atoms with Gasteiger partial charge in [-0.2, -0.15) is 0 Å². The highest BCUT2D eigenvalue weighted by molar-refractivity contribution is 7.99. The fraction of sp³-hybridized carbons (Fsp3) is 0.462. The Labute approximate surface area is 101 Å². The lowest BCUT2D eigenvalue weighted by Gasteiger charge is -2.06. The normalized spacial score (nSPS) is 10.4. The zero-order valence-corrected chi connectivity index (χ0v) is 10.6. The van der Waals surface area contributed by atoms with E-state index in [0.717, 1.165) is 16.2 Å². The van der Waals surface area contributed by atoms with E-state index in [1.165, 1.54) is 19.3 Å². The second-order valence-electron chi connectivity index (χ2n) is 3.84. The van der Waals surface area contributed by atoms with Gasteiger partial charge in [-0.1, -0.05) is 25.8 Å². The molecule has 1 rings (SSSR count). The summed E-state index contributed by atoms with van der Waals surface area (Å²) >= 11 is 1.76. The molecule has 1 N–H and O–H groups in total. The van der Waals surface area contributed by atoms with Crippen molar-refractivity contribution in [1.29, 1.82) is 0 Å². The summed E-state index contributed by atoms with van der Waals surface area (Å²) in [6.45, 7) is 4.20. The Bertz CT molecular complexity index is 361. The Morgan fingerprint density at radius 3 is 2.75 bits per heavy atom. The van der Waals surface area contributed by atoms with Gasteiger partial charge in [-0.25, -0.2) is 4.79 Å². The van der Waals surface area contributed by atoms with Crippen LogP contribution >= 0.6 is 11.8 Å². The molecule has 0 amide bonds. The van der Waals surface area contributed by atoms with E-state index in [0.29, 0.717) is 5.56 Å². The summed E-state index contributed by atoms with van der Waals surface area (Å²) in [6, 6.07) is 5.31. The largest absolute Gasteiger partial charge is 0.478 e. The first-order chi connectivity index (χ1) is 7.65. The number of carbonyl (C=O) groups is 1. The molecular formula is C13H18O2S. The smallest absolute Gasteiger partial charge is 0.335 e. The summed E-state index contributed by atoms with van der Waals surface area (Å²) in [7, 11) is 0. The van der Waals surface area contributed by atoms with E-state index < -0.39 is 5.97 Å². The van der Waals surface area contributed by atoms with E-state index in [1.54, 1.807) is 23.9 Å². The minimum atomic E-state index is -0.851. The zero-order chi connectivity index (χ0) is 12.0. The van der Waals surface area contributed by atoms with Crippen LogP contribution in [0.1, 0.15) is 42.1 Å². The Morgan fingerprint density at radius 2 is 2.12 bits per heavy atom. The molecule has 0 heterocycles. The molecule has 0 aliphatic carbocycles. The molecule has 16 heavy (non-hydrogen) atoms. The maximum Gasteiger partial charge on any atom is 0.335 e. The molecule has 0 radical (unpaired) electrons. The number of aromatic carboxylic acids is 1. The van der Waals surface area contributed by atoms with E-state index in [9.17, 15) is 4.79 Å². The SMILES string of the molecule is CCCCCSc1cc(C(=O)O)ccc1C. The van der Waals surface area contributed by atoms with Crippen LogP contribution in [0, 0.1) is 6.92 Å². The topological polar surface area (TPSA) is 37.3 Å². The highest BCUT2D eigenvalue weighted by Gasteiger charge is 2.06. The van der Waals surface area contributed by atoms with E-state index in [2.05, 4.69) is 6.92 Å². The first kappa shape index (κ1) is 13.1. The molecule has 1 aromatic rings. The molecule has 0 aliphatic rings. The molecular weight excluding hydrogens is 220 g/mol. The monoisotopic (exact) mass is 238 g/mol. The van der Waals surface area contributed by atoms with Crippen LogP contribution in [0.5, 0.6) is 0 Å². The summed E-state index contributed by atoms with van der Waals surface area (Å²) in [4.78, 5) is 11.9. The number of benzene rings is 1. The van der Waals surface area contributed by atoms with Gasteiger partial charge in [-0.3, -0.25) is 0 Å². The number of unbranched alkanes of at least 4 members (excludes halogenated alkanes) is 2. The van der Waals surface area contributed by atoms with Crippen molar-refractivity contribution in [3.63, 3.8) is 0 Å². The van der Waals surface area contributed by atoms with Crippen LogP contribution in [-0.2, 0) is 0 Å². The summed E-state index contributed by atoms with van der Waals surface area (Å²) in [5, 5.41) is 8.90. The molecule has 0 unspecified atom stereocenters. The minimum Gasteiger partial charge on any atom is -0.478 e. The lowest BCUT2D eigenvalue weighted by molar-refractivity contribution is 0.0696. The third kappa shape index (κ3) is 3.89. The molecule has 0 atom stereocenters. The number of carboxylic acids is 1. The second kappa shape index (κ2) is 6.59. The Morgan fingerprint density at radius 1 is 1.38 bits per heavy atom. The standard InChI is InChI=1S/C13H18O2S/c1-3-4-5-8-16-12-9-11(13(14)15)7-6-10(12)2/h6-7,9H,3-5,8H2,1-2H3,(H,14,15). The van der Waals surface area contributed by atoms with Gasteiger partial charge in [0.15, 0.2) is 0 Å². The van der Waals surface area contributed by atoms with Gasteiger partial charge in [0.05, 0.1) is 5.56 Å². The van der Waals surface area contributed by atoms with Crippen molar-refractivity contribution in [2.45, 2.75) is 38.0 Å². The average Bonchev–Trinajstić information content (AvgIpc) is 2.26. The van der Waals surface area contributed by atoms with Crippen LogP contribution < -0.4 is 0 Å². The van der Waals surface area contributed by atoms with Crippen molar-refractivity contribution in [3.8, 4) is 0 Å². The zero-order valence-electron chi connectivity index (χ0n) is 9.82. The van der Waals surface area contributed by atoms with Gasteiger partial charge in [0.25, 0.3) is 0 Å². The van der Waals surface area contributed by atoms with Gasteiger partial charge in [0, 0.05) is 4.90 Å². The van der Waals surface area contributed by atoms with Crippen molar-refractivity contribution in [2.75, 3.05) is 5.75 Å². The fourth-order valence-electron chi connectivity index (χ4n) is 1.42. The van der Waals surface area contributed by atoms with Crippen molar-refractivity contribution in [3.05, 3.63) is 29.3 Å². The highest BCUT2D eigenvalue weighted by atomic mass is 32.2. The molecule has 2 nitrogen and oxygen atoms in total. The van der Waals surface area contributed by atoms with Crippen LogP contribution in [0.25, 0.3) is 0 Å². The number of aryl methyl sites for hydroxylation is 1. The van der Waals surface area contributed by atoms with Crippen molar-refractivity contribution in [2.24, 2.45) is 0 Å². The van der Waals surface area contributed by atoms with Gasteiger partial charge < -0.3 is 5.11 Å². The molecule has 0 saturated carbocycles. The number of carboxylic acid groups (broad SMARTS) is 1.